The molecule has 0 aliphatic heterocycles. The molecule has 0 spiro atoms. The van der Waals surface area contributed by atoms with Crippen molar-refractivity contribution in [1.29, 1.82) is 0 Å². The van der Waals surface area contributed by atoms with Gasteiger partial charge in [0.05, 0.1) is 11.9 Å². The molecule has 0 N–H and O–H groups in total. The van der Waals surface area contributed by atoms with Crippen LogP contribution in [0.3, 0.4) is 0 Å². The Morgan fingerprint density at radius 3 is 1.69 bits per heavy atom. The standard InChI is InChI=1S/C26H30N2O3S/c1-4-25(28(32(3,30)31)24-17-15-21(2)16-18-24)26(29)27(19-22-11-7-5-8-12-22)20-23-13-9-6-10-14-23/h5-18,25H,4,19-20H2,1-3H3/t25-/m1/s1. The Balaban J connectivity index is 1.99. The number of carbonyl (C=O) groups excluding carboxylic acids is 1. The summed E-state index contributed by atoms with van der Waals surface area (Å²) in [4.78, 5) is 15.6. The highest BCUT2D eigenvalue weighted by Crippen LogP contribution is 2.25. The van der Waals surface area contributed by atoms with Gasteiger partial charge in [0.1, 0.15) is 6.04 Å². The van der Waals surface area contributed by atoms with Gasteiger partial charge in [-0.2, -0.15) is 0 Å². The molecule has 0 aliphatic carbocycles. The molecule has 6 heteroatoms. The Morgan fingerprint density at radius 1 is 0.812 bits per heavy atom. The highest BCUT2D eigenvalue weighted by molar-refractivity contribution is 7.92. The molecule has 0 fully saturated rings. The van der Waals surface area contributed by atoms with Crippen molar-refractivity contribution in [2.45, 2.75) is 39.4 Å². The van der Waals surface area contributed by atoms with Crippen molar-refractivity contribution >= 4 is 21.6 Å². The molecule has 0 bridgehead atoms. The molecule has 3 aromatic carbocycles. The first kappa shape index (κ1) is 23.5. The Kier molecular flexibility index (Phi) is 7.70. The van der Waals surface area contributed by atoms with Crippen LogP contribution >= 0.6 is 0 Å². The van der Waals surface area contributed by atoms with Crippen LogP contribution in [-0.4, -0.2) is 31.5 Å². The van der Waals surface area contributed by atoms with Crippen LogP contribution in [0, 0.1) is 6.92 Å². The third kappa shape index (κ3) is 5.98. The second-order valence-electron chi connectivity index (χ2n) is 7.98. The van der Waals surface area contributed by atoms with Gasteiger partial charge in [0.2, 0.25) is 15.9 Å². The van der Waals surface area contributed by atoms with E-state index in [-0.39, 0.29) is 5.91 Å². The zero-order valence-electron chi connectivity index (χ0n) is 18.8. The van der Waals surface area contributed by atoms with Crippen LogP contribution in [0.25, 0.3) is 0 Å². The minimum atomic E-state index is -3.68. The lowest BCUT2D eigenvalue weighted by Crippen LogP contribution is -2.50. The third-order valence-corrected chi connectivity index (χ3v) is 6.52. The van der Waals surface area contributed by atoms with E-state index in [9.17, 15) is 13.2 Å². The van der Waals surface area contributed by atoms with Crippen molar-refractivity contribution in [3.8, 4) is 0 Å². The molecule has 0 aliphatic rings. The van der Waals surface area contributed by atoms with E-state index in [0.29, 0.717) is 25.2 Å². The van der Waals surface area contributed by atoms with Crippen LogP contribution in [0.1, 0.15) is 30.0 Å². The number of anilines is 1. The molecule has 0 saturated carbocycles. The summed E-state index contributed by atoms with van der Waals surface area (Å²) in [5.74, 6) is -0.216. The molecular formula is C26H30N2O3S. The largest absolute Gasteiger partial charge is 0.332 e. The minimum absolute atomic E-state index is 0.216. The van der Waals surface area contributed by atoms with Crippen LogP contribution in [0.5, 0.6) is 0 Å². The van der Waals surface area contributed by atoms with Gasteiger partial charge in [-0.25, -0.2) is 8.42 Å². The zero-order valence-corrected chi connectivity index (χ0v) is 19.6. The van der Waals surface area contributed by atoms with E-state index in [4.69, 9.17) is 0 Å². The second kappa shape index (κ2) is 10.5. The number of hydrogen-bond donors (Lipinski definition) is 0. The molecule has 168 valence electrons. The maximum atomic E-state index is 13.8. The Hall–Kier alpha value is -3.12. The molecule has 0 radical (unpaired) electrons. The van der Waals surface area contributed by atoms with Gasteiger partial charge in [0.25, 0.3) is 0 Å². The fourth-order valence-corrected chi connectivity index (χ4v) is 4.97. The zero-order chi connectivity index (χ0) is 23.1. The summed E-state index contributed by atoms with van der Waals surface area (Å²) in [5, 5.41) is 0. The highest BCUT2D eigenvalue weighted by atomic mass is 32.2. The number of amides is 1. The predicted molar refractivity (Wildman–Crippen MR) is 130 cm³/mol. The molecule has 3 rings (SSSR count). The van der Waals surface area contributed by atoms with Crippen LogP contribution in [0.15, 0.2) is 84.9 Å². The molecule has 0 saturated heterocycles. The van der Waals surface area contributed by atoms with E-state index >= 15 is 0 Å². The first-order chi connectivity index (χ1) is 15.3. The number of sulfonamides is 1. The monoisotopic (exact) mass is 450 g/mol. The van der Waals surface area contributed by atoms with Crippen LogP contribution in [-0.2, 0) is 27.9 Å². The maximum absolute atomic E-state index is 13.8. The topological polar surface area (TPSA) is 57.7 Å². The van der Waals surface area contributed by atoms with Gasteiger partial charge in [-0.3, -0.25) is 9.10 Å². The number of nitrogens with zero attached hydrogens (tertiary/aromatic N) is 2. The average Bonchev–Trinajstić information content (AvgIpc) is 2.78. The number of carbonyl (C=O) groups is 1. The third-order valence-electron chi connectivity index (χ3n) is 5.34. The number of hydrogen-bond acceptors (Lipinski definition) is 3. The fourth-order valence-electron chi connectivity index (χ4n) is 3.77. The van der Waals surface area contributed by atoms with Gasteiger partial charge in [-0.15, -0.1) is 0 Å². The molecular weight excluding hydrogens is 420 g/mol. The van der Waals surface area contributed by atoms with E-state index in [1.165, 1.54) is 4.31 Å². The van der Waals surface area contributed by atoms with Gasteiger partial charge in [0.15, 0.2) is 0 Å². The number of benzene rings is 3. The Bertz CT molecular complexity index is 1070. The first-order valence-electron chi connectivity index (χ1n) is 10.7. The first-order valence-corrected chi connectivity index (χ1v) is 12.6. The number of aryl methyl sites for hydroxylation is 1. The lowest BCUT2D eigenvalue weighted by atomic mass is 10.1. The molecule has 1 amide bonds. The van der Waals surface area contributed by atoms with E-state index in [0.717, 1.165) is 22.9 Å². The number of rotatable bonds is 9. The summed E-state index contributed by atoms with van der Waals surface area (Å²) in [6, 6.07) is 25.9. The van der Waals surface area contributed by atoms with Gasteiger partial charge in [0, 0.05) is 13.1 Å². The summed E-state index contributed by atoms with van der Waals surface area (Å²) < 4.78 is 26.9. The van der Waals surface area contributed by atoms with E-state index < -0.39 is 16.1 Å². The highest BCUT2D eigenvalue weighted by Gasteiger charge is 2.34. The normalized spacial score (nSPS) is 12.2. The average molecular weight is 451 g/mol. The van der Waals surface area contributed by atoms with Crippen molar-refractivity contribution in [1.82, 2.24) is 4.90 Å². The summed E-state index contributed by atoms with van der Waals surface area (Å²) in [6.45, 7) is 4.59. The Labute approximate surface area is 191 Å². The quantitative estimate of drug-likeness (QED) is 0.472. The lowest BCUT2D eigenvalue weighted by Gasteiger charge is -2.34. The summed E-state index contributed by atoms with van der Waals surface area (Å²) >= 11 is 0. The van der Waals surface area contributed by atoms with Crippen LogP contribution < -0.4 is 4.31 Å². The van der Waals surface area contributed by atoms with Crippen molar-refractivity contribution in [2.24, 2.45) is 0 Å². The molecule has 5 nitrogen and oxygen atoms in total. The van der Waals surface area contributed by atoms with E-state index in [2.05, 4.69) is 0 Å². The van der Waals surface area contributed by atoms with Crippen LogP contribution in [0.4, 0.5) is 5.69 Å². The molecule has 1 atom stereocenters. The summed E-state index contributed by atoms with van der Waals surface area (Å²) in [5.41, 5.74) is 3.51. The molecule has 3 aromatic rings. The van der Waals surface area contributed by atoms with E-state index in [1.54, 1.807) is 17.0 Å². The second-order valence-corrected chi connectivity index (χ2v) is 9.84. The molecule has 0 heterocycles. The smallest absolute Gasteiger partial charge is 0.247 e. The van der Waals surface area contributed by atoms with E-state index in [1.807, 2.05) is 86.6 Å². The van der Waals surface area contributed by atoms with Crippen molar-refractivity contribution < 1.29 is 13.2 Å². The molecule has 0 aromatic heterocycles. The van der Waals surface area contributed by atoms with Crippen LogP contribution in [0.2, 0.25) is 0 Å². The van der Waals surface area contributed by atoms with Gasteiger partial charge in [-0.1, -0.05) is 85.3 Å². The van der Waals surface area contributed by atoms with Crippen molar-refractivity contribution in [2.75, 3.05) is 10.6 Å². The Morgan fingerprint density at radius 2 is 1.28 bits per heavy atom. The fraction of sp³-hybridized carbons (Fsp3) is 0.269. The molecule has 32 heavy (non-hydrogen) atoms. The maximum Gasteiger partial charge on any atom is 0.247 e. The lowest BCUT2D eigenvalue weighted by molar-refractivity contribution is -0.133. The molecule has 0 unspecified atom stereocenters. The van der Waals surface area contributed by atoms with Gasteiger partial charge >= 0.3 is 0 Å². The predicted octanol–water partition coefficient (Wildman–Crippen LogP) is 4.77. The van der Waals surface area contributed by atoms with Crippen molar-refractivity contribution in [3.05, 3.63) is 102 Å². The summed E-state index contributed by atoms with van der Waals surface area (Å²) in [6.07, 6.45) is 1.52. The van der Waals surface area contributed by atoms with Gasteiger partial charge < -0.3 is 4.90 Å². The summed E-state index contributed by atoms with van der Waals surface area (Å²) in [7, 11) is -3.68. The van der Waals surface area contributed by atoms with Gasteiger partial charge in [-0.05, 0) is 36.6 Å². The minimum Gasteiger partial charge on any atom is -0.332 e. The SMILES string of the molecule is CC[C@H](C(=O)N(Cc1ccccc1)Cc1ccccc1)N(c1ccc(C)cc1)S(C)(=O)=O. The van der Waals surface area contributed by atoms with Crippen molar-refractivity contribution in [3.63, 3.8) is 0 Å².